The third-order valence-corrected chi connectivity index (χ3v) is 6.42. The fourth-order valence-electron chi connectivity index (χ4n) is 2.39. The minimum absolute atomic E-state index is 0.0132. The van der Waals surface area contributed by atoms with E-state index < -0.39 is 0 Å². The van der Waals surface area contributed by atoms with Crippen LogP contribution in [0.4, 0.5) is 0 Å². The van der Waals surface area contributed by atoms with Gasteiger partial charge in [-0.15, -0.1) is 22.7 Å². The average Bonchev–Trinajstić information content (AvgIpc) is 2.86. The first kappa shape index (κ1) is 14.7. The molecule has 0 aliphatic carbocycles. The lowest BCUT2D eigenvalue weighted by molar-refractivity contribution is 0.744. The van der Waals surface area contributed by atoms with E-state index in [0.29, 0.717) is 11.3 Å². The molecule has 0 amide bonds. The Bertz CT molecular complexity index is 936. The van der Waals surface area contributed by atoms with Crippen LogP contribution >= 0.6 is 34.9 Å². The van der Waals surface area contributed by atoms with E-state index in [-0.39, 0.29) is 5.56 Å². The largest absolute Gasteiger partial charge is 0.323 e. The Balaban J connectivity index is 2.21. The van der Waals surface area contributed by atoms with Crippen molar-refractivity contribution in [2.75, 3.05) is 0 Å². The molecule has 3 nitrogen and oxygen atoms in total. The van der Waals surface area contributed by atoms with Gasteiger partial charge in [-0.25, -0.2) is 0 Å². The van der Waals surface area contributed by atoms with Crippen molar-refractivity contribution >= 4 is 45.1 Å². The van der Waals surface area contributed by atoms with Crippen LogP contribution in [0.1, 0.15) is 25.8 Å². The highest BCUT2D eigenvalue weighted by molar-refractivity contribution is 7.71. The zero-order chi connectivity index (χ0) is 15.3. The molecule has 0 saturated heterocycles. The number of aromatic amines is 1. The summed E-state index contributed by atoms with van der Waals surface area (Å²) < 4.78 is 2.17. The molecule has 0 bridgehead atoms. The average molecular weight is 337 g/mol. The van der Waals surface area contributed by atoms with Crippen molar-refractivity contribution in [1.29, 1.82) is 0 Å². The maximum absolute atomic E-state index is 12.8. The lowest BCUT2D eigenvalue weighted by Crippen LogP contribution is -2.22. The van der Waals surface area contributed by atoms with Gasteiger partial charge in [0.25, 0.3) is 5.56 Å². The van der Waals surface area contributed by atoms with Crippen molar-refractivity contribution in [3.63, 3.8) is 0 Å². The Labute approximate surface area is 135 Å². The highest BCUT2D eigenvalue weighted by Crippen LogP contribution is 2.26. The van der Waals surface area contributed by atoms with Gasteiger partial charge in [0.05, 0.1) is 11.9 Å². The van der Waals surface area contributed by atoms with E-state index in [9.17, 15) is 4.79 Å². The molecule has 0 spiro atoms. The first-order valence-electron chi connectivity index (χ1n) is 6.67. The topological polar surface area (TPSA) is 37.8 Å². The number of nitrogens with one attached hydrogen (secondary N) is 1. The molecular weight excluding hydrogens is 320 g/mol. The monoisotopic (exact) mass is 336 g/mol. The predicted octanol–water partition coefficient (Wildman–Crippen LogP) is 4.46. The summed E-state index contributed by atoms with van der Waals surface area (Å²) in [7, 11) is 0. The summed E-state index contributed by atoms with van der Waals surface area (Å²) in [6.45, 7) is 8.76. The Kier molecular flexibility index (Phi) is 3.63. The highest BCUT2D eigenvalue weighted by atomic mass is 32.1. The standard InChI is InChI=1S/C15H16N2OS3/c1-7-5-11(20-9(7)3)6-17-14(18)12-8(2)10(4)21-13(12)16-15(17)19/h5H,6H2,1-4H3,(H,16,19). The fraction of sp³-hybridized carbons (Fsp3) is 0.333. The van der Waals surface area contributed by atoms with E-state index in [0.717, 1.165) is 25.5 Å². The summed E-state index contributed by atoms with van der Waals surface area (Å²) in [5.41, 5.74) is 2.33. The van der Waals surface area contributed by atoms with E-state index >= 15 is 0 Å². The second kappa shape index (κ2) is 5.19. The molecule has 0 unspecified atom stereocenters. The van der Waals surface area contributed by atoms with Gasteiger partial charge in [0.2, 0.25) is 0 Å². The number of aryl methyl sites for hydroxylation is 4. The number of nitrogens with zero attached hydrogens (tertiary/aromatic N) is 1. The number of aromatic nitrogens is 2. The van der Waals surface area contributed by atoms with E-state index in [4.69, 9.17) is 12.2 Å². The molecule has 0 aliphatic rings. The van der Waals surface area contributed by atoms with Crippen molar-refractivity contribution in [3.8, 4) is 0 Å². The molecule has 110 valence electrons. The van der Waals surface area contributed by atoms with E-state index in [1.165, 1.54) is 10.4 Å². The molecule has 3 aromatic heterocycles. The Morgan fingerprint density at radius 2 is 1.90 bits per heavy atom. The summed E-state index contributed by atoms with van der Waals surface area (Å²) in [6.07, 6.45) is 0. The predicted molar refractivity (Wildman–Crippen MR) is 93.6 cm³/mol. The summed E-state index contributed by atoms with van der Waals surface area (Å²) in [6, 6.07) is 2.14. The zero-order valence-electron chi connectivity index (χ0n) is 12.4. The first-order chi connectivity index (χ1) is 9.88. The maximum Gasteiger partial charge on any atom is 0.263 e. The molecule has 0 saturated carbocycles. The van der Waals surface area contributed by atoms with Crippen LogP contribution < -0.4 is 5.56 Å². The van der Waals surface area contributed by atoms with Crippen molar-refractivity contribution < 1.29 is 0 Å². The highest BCUT2D eigenvalue weighted by Gasteiger charge is 2.13. The SMILES string of the molecule is Cc1cc(Cn2c(=S)[nH]c3sc(C)c(C)c3c2=O)sc1C. The van der Waals surface area contributed by atoms with Crippen LogP contribution in [0.15, 0.2) is 10.9 Å². The molecule has 0 aromatic carbocycles. The van der Waals surface area contributed by atoms with E-state index in [1.54, 1.807) is 27.2 Å². The van der Waals surface area contributed by atoms with Crippen LogP contribution in [0.3, 0.4) is 0 Å². The van der Waals surface area contributed by atoms with Gasteiger partial charge in [0.15, 0.2) is 4.77 Å². The van der Waals surface area contributed by atoms with Crippen LogP contribution in [-0.2, 0) is 6.54 Å². The van der Waals surface area contributed by atoms with Crippen LogP contribution in [0.2, 0.25) is 0 Å². The smallest absolute Gasteiger partial charge is 0.263 e. The molecule has 0 fully saturated rings. The van der Waals surface area contributed by atoms with Crippen molar-refractivity contribution in [2.24, 2.45) is 0 Å². The lowest BCUT2D eigenvalue weighted by atomic mass is 10.2. The fourth-order valence-corrected chi connectivity index (χ4v) is 4.80. The first-order valence-corrected chi connectivity index (χ1v) is 8.71. The Morgan fingerprint density at radius 1 is 1.19 bits per heavy atom. The maximum atomic E-state index is 12.8. The van der Waals surface area contributed by atoms with Crippen LogP contribution in [0, 0.1) is 32.5 Å². The number of hydrogen-bond acceptors (Lipinski definition) is 4. The number of H-pyrrole nitrogens is 1. The quantitative estimate of drug-likeness (QED) is 0.701. The molecular formula is C15H16N2OS3. The summed E-state index contributed by atoms with van der Waals surface area (Å²) in [4.78, 5) is 20.5. The zero-order valence-corrected chi connectivity index (χ0v) is 14.8. The third kappa shape index (κ3) is 2.41. The molecule has 3 rings (SSSR count). The molecule has 0 aliphatic heterocycles. The molecule has 1 N–H and O–H groups in total. The van der Waals surface area contributed by atoms with Gasteiger partial charge in [-0.2, -0.15) is 0 Å². The lowest BCUT2D eigenvalue weighted by Gasteiger charge is -2.05. The molecule has 21 heavy (non-hydrogen) atoms. The number of thiophene rings is 2. The number of hydrogen-bond donors (Lipinski definition) is 1. The van der Waals surface area contributed by atoms with Gasteiger partial charge in [0.1, 0.15) is 4.83 Å². The summed E-state index contributed by atoms with van der Waals surface area (Å²) in [5, 5.41) is 0.774. The Hall–Kier alpha value is -1.24. The van der Waals surface area contributed by atoms with Gasteiger partial charge < -0.3 is 4.98 Å². The van der Waals surface area contributed by atoms with Crippen molar-refractivity contribution in [1.82, 2.24) is 9.55 Å². The minimum Gasteiger partial charge on any atom is -0.323 e. The van der Waals surface area contributed by atoms with E-state index in [2.05, 4.69) is 24.9 Å². The molecule has 0 atom stereocenters. The normalized spacial score (nSPS) is 11.4. The van der Waals surface area contributed by atoms with Crippen LogP contribution in [-0.4, -0.2) is 9.55 Å². The minimum atomic E-state index is 0.0132. The van der Waals surface area contributed by atoms with Crippen molar-refractivity contribution in [3.05, 3.63) is 46.9 Å². The van der Waals surface area contributed by atoms with Gasteiger partial charge in [-0.1, -0.05) is 0 Å². The van der Waals surface area contributed by atoms with Crippen LogP contribution in [0.5, 0.6) is 0 Å². The Morgan fingerprint density at radius 3 is 2.52 bits per heavy atom. The van der Waals surface area contributed by atoms with Gasteiger partial charge in [-0.05, 0) is 57.1 Å². The molecule has 3 heterocycles. The summed E-state index contributed by atoms with van der Waals surface area (Å²) in [5.74, 6) is 0. The third-order valence-electron chi connectivity index (χ3n) is 3.84. The van der Waals surface area contributed by atoms with Gasteiger partial charge in [0, 0.05) is 14.6 Å². The molecule has 0 radical (unpaired) electrons. The van der Waals surface area contributed by atoms with E-state index in [1.807, 2.05) is 13.8 Å². The molecule has 3 aromatic rings. The van der Waals surface area contributed by atoms with Gasteiger partial charge >= 0.3 is 0 Å². The van der Waals surface area contributed by atoms with Crippen LogP contribution in [0.25, 0.3) is 10.2 Å². The van der Waals surface area contributed by atoms with Crippen molar-refractivity contribution in [2.45, 2.75) is 34.2 Å². The molecule has 6 heteroatoms. The summed E-state index contributed by atoms with van der Waals surface area (Å²) >= 11 is 8.70. The second-order valence-corrected chi connectivity index (χ2v) is 8.21. The van der Waals surface area contributed by atoms with Gasteiger partial charge in [-0.3, -0.25) is 9.36 Å². The number of fused-ring (bicyclic) bond motifs is 1. The number of rotatable bonds is 2. The second-order valence-electron chi connectivity index (χ2n) is 5.26.